The van der Waals surface area contributed by atoms with Crippen LogP contribution in [0.25, 0.3) is 0 Å². The van der Waals surface area contributed by atoms with E-state index in [0.29, 0.717) is 19.4 Å². The van der Waals surface area contributed by atoms with Crippen molar-refractivity contribution in [1.82, 2.24) is 15.5 Å². The van der Waals surface area contributed by atoms with E-state index in [2.05, 4.69) is 29.6 Å². The summed E-state index contributed by atoms with van der Waals surface area (Å²) >= 11 is 0. The first kappa shape index (κ1) is 16.1. The van der Waals surface area contributed by atoms with Crippen LogP contribution in [0.1, 0.15) is 44.9 Å². The second kappa shape index (κ2) is 6.64. The molecule has 6 nitrogen and oxygen atoms in total. The molecule has 0 saturated heterocycles. The molecule has 21 heavy (non-hydrogen) atoms. The molecule has 2 aliphatic rings. The monoisotopic (exact) mass is 297 g/mol. The van der Waals surface area contributed by atoms with Crippen LogP contribution in [0, 0.1) is 5.92 Å². The van der Waals surface area contributed by atoms with Crippen molar-refractivity contribution >= 4 is 12.0 Å². The molecule has 0 aromatic carbocycles. The molecule has 120 valence electrons. The Morgan fingerprint density at radius 3 is 2.43 bits per heavy atom. The number of likely N-dealkylation sites (N-methyl/N-ethyl adjacent to an activating group) is 1. The van der Waals surface area contributed by atoms with E-state index in [1.807, 2.05) is 0 Å². The van der Waals surface area contributed by atoms with Crippen molar-refractivity contribution in [3.63, 3.8) is 0 Å². The van der Waals surface area contributed by atoms with Crippen molar-refractivity contribution in [2.24, 2.45) is 5.92 Å². The van der Waals surface area contributed by atoms with Crippen LogP contribution < -0.4 is 10.6 Å². The van der Waals surface area contributed by atoms with Gasteiger partial charge in [-0.2, -0.15) is 0 Å². The minimum absolute atomic E-state index is 0.00927. The number of urea groups is 1. The van der Waals surface area contributed by atoms with Gasteiger partial charge in [0.25, 0.3) is 0 Å². The van der Waals surface area contributed by atoms with Gasteiger partial charge >= 0.3 is 12.0 Å². The van der Waals surface area contributed by atoms with E-state index in [-0.39, 0.29) is 23.5 Å². The molecule has 0 aromatic rings. The van der Waals surface area contributed by atoms with Crippen molar-refractivity contribution in [3.05, 3.63) is 0 Å². The smallest absolute Gasteiger partial charge is 0.315 e. The predicted molar refractivity (Wildman–Crippen MR) is 80.2 cm³/mol. The fourth-order valence-electron chi connectivity index (χ4n) is 3.63. The van der Waals surface area contributed by atoms with E-state index in [1.54, 1.807) is 0 Å². The number of nitrogens with zero attached hydrogens (tertiary/aromatic N) is 1. The number of carbonyl (C=O) groups is 2. The molecule has 0 spiro atoms. The Labute approximate surface area is 126 Å². The van der Waals surface area contributed by atoms with Crippen LogP contribution in [0.4, 0.5) is 4.79 Å². The third kappa shape index (κ3) is 3.87. The highest BCUT2D eigenvalue weighted by atomic mass is 16.4. The van der Waals surface area contributed by atoms with Crippen LogP contribution >= 0.6 is 0 Å². The zero-order valence-corrected chi connectivity index (χ0v) is 13.0. The molecule has 2 unspecified atom stereocenters. The van der Waals surface area contributed by atoms with Crippen molar-refractivity contribution in [2.75, 3.05) is 20.6 Å². The SMILES string of the molecule is CN(C)C1(CNC(=O)NC2CCC(C(=O)O)C2)CCCC1. The molecule has 0 radical (unpaired) electrons. The van der Waals surface area contributed by atoms with E-state index >= 15 is 0 Å². The lowest BCUT2D eigenvalue weighted by atomic mass is 9.96. The van der Waals surface area contributed by atoms with Gasteiger partial charge in [0.1, 0.15) is 0 Å². The Hall–Kier alpha value is -1.30. The summed E-state index contributed by atoms with van der Waals surface area (Å²) in [6.45, 7) is 0.654. The van der Waals surface area contributed by atoms with Crippen LogP contribution in [-0.4, -0.2) is 54.2 Å². The van der Waals surface area contributed by atoms with Gasteiger partial charge in [-0.25, -0.2) is 4.79 Å². The molecule has 3 N–H and O–H groups in total. The normalized spacial score (nSPS) is 27.8. The van der Waals surface area contributed by atoms with Gasteiger partial charge in [0.2, 0.25) is 0 Å². The van der Waals surface area contributed by atoms with Gasteiger partial charge in [0, 0.05) is 18.1 Å². The summed E-state index contributed by atoms with van der Waals surface area (Å²) in [4.78, 5) is 25.1. The highest BCUT2D eigenvalue weighted by Crippen LogP contribution is 2.33. The Balaban J connectivity index is 1.76. The Morgan fingerprint density at radius 2 is 1.90 bits per heavy atom. The first-order chi connectivity index (χ1) is 9.93. The molecule has 2 amide bonds. The third-order valence-electron chi connectivity index (χ3n) is 5.18. The second-order valence-electron chi connectivity index (χ2n) is 6.70. The molecule has 0 bridgehead atoms. The number of amides is 2. The lowest BCUT2D eigenvalue weighted by Crippen LogP contribution is -2.53. The van der Waals surface area contributed by atoms with Gasteiger partial charge in [0.15, 0.2) is 0 Å². The molecule has 0 aliphatic heterocycles. The Kier molecular flexibility index (Phi) is 5.08. The Morgan fingerprint density at radius 1 is 1.24 bits per heavy atom. The van der Waals surface area contributed by atoms with Crippen molar-refractivity contribution in [1.29, 1.82) is 0 Å². The van der Waals surface area contributed by atoms with E-state index < -0.39 is 5.97 Å². The number of carbonyl (C=O) groups excluding carboxylic acids is 1. The molecular weight excluding hydrogens is 270 g/mol. The average Bonchev–Trinajstić information content (AvgIpc) is 3.05. The first-order valence-electron chi connectivity index (χ1n) is 7.87. The summed E-state index contributed by atoms with van der Waals surface area (Å²) in [7, 11) is 4.14. The highest BCUT2D eigenvalue weighted by molar-refractivity contribution is 5.75. The molecular formula is C15H27N3O3. The number of nitrogens with one attached hydrogen (secondary N) is 2. The van der Waals surface area contributed by atoms with Gasteiger partial charge in [-0.3, -0.25) is 4.79 Å². The molecule has 0 heterocycles. The van der Waals surface area contributed by atoms with E-state index in [9.17, 15) is 9.59 Å². The van der Waals surface area contributed by atoms with Crippen LogP contribution in [0.15, 0.2) is 0 Å². The fraction of sp³-hybridized carbons (Fsp3) is 0.867. The third-order valence-corrected chi connectivity index (χ3v) is 5.18. The highest BCUT2D eigenvalue weighted by Gasteiger charge is 2.36. The molecule has 2 saturated carbocycles. The maximum absolute atomic E-state index is 12.0. The van der Waals surface area contributed by atoms with E-state index in [0.717, 1.165) is 19.3 Å². The molecule has 2 atom stereocenters. The van der Waals surface area contributed by atoms with Crippen LogP contribution in [0.2, 0.25) is 0 Å². The summed E-state index contributed by atoms with van der Waals surface area (Å²) in [5.74, 6) is -1.06. The van der Waals surface area contributed by atoms with E-state index in [4.69, 9.17) is 5.11 Å². The minimum Gasteiger partial charge on any atom is -0.481 e. The number of carboxylic acid groups (broad SMARTS) is 1. The largest absolute Gasteiger partial charge is 0.481 e. The van der Waals surface area contributed by atoms with E-state index in [1.165, 1.54) is 12.8 Å². The first-order valence-corrected chi connectivity index (χ1v) is 7.87. The maximum Gasteiger partial charge on any atom is 0.315 e. The summed E-state index contributed by atoms with van der Waals surface area (Å²) in [6, 6.07) is -0.177. The van der Waals surface area contributed by atoms with Gasteiger partial charge < -0.3 is 20.6 Å². The number of hydrogen-bond acceptors (Lipinski definition) is 3. The van der Waals surface area contributed by atoms with Crippen LogP contribution in [0.5, 0.6) is 0 Å². The molecule has 2 fully saturated rings. The van der Waals surface area contributed by atoms with Crippen LogP contribution in [0.3, 0.4) is 0 Å². The quantitative estimate of drug-likeness (QED) is 0.716. The zero-order valence-electron chi connectivity index (χ0n) is 13.0. The van der Waals surface area contributed by atoms with Crippen LogP contribution in [-0.2, 0) is 4.79 Å². The number of rotatable bonds is 5. The maximum atomic E-state index is 12.0. The lowest BCUT2D eigenvalue weighted by molar-refractivity contribution is -0.141. The molecule has 2 rings (SSSR count). The Bertz CT molecular complexity index is 392. The predicted octanol–water partition coefficient (Wildman–Crippen LogP) is 1.41. The number of aliphatic carboxylic acids is 1. The van der Waals surface area contributed by atoms with Gasteiger partial charge in [0.05, 0.1) is 5.92 Å². The fourth-order valence-corrected chi connectivity index (χ4v) is 3.63. The minimum atomic E-state index is -0.753. The van der Waals surface area contributed by atoms with Crippen molar-refractivity contribution in [2.45, 2.75) is 56.5 Å². The molecule has 0 aromatic heterocycles. The number of hydrogen-bond donors (Lipinski definition) is 3. The number of carboxylic acids is 1. The summed E-state index contributed by atoms with van der Waals surface area (Å²) in [6.07, 6.45) is 6.61. The second-order valence-corrected chi connectivity index (χ2v) is 6.70. The zero-order chi connectivity index (χ0) is 15.5. The van der Waals surface area contributed by atoms with Crippen molar-refractivity contribution < 1.29 is 14.7 Å². The molecule has 2 aliphatic carbocycles. The van der Waals surface area contributed by atoms with Gasteiger partial charge in [-0.05, 0) is 46.2 Å². The van der Waals surface area contributed by atoms with Gasteiger partial charge in [-0.1, -0.05) is 12.8 Å². The summed E-state index contributed by atoms with van der Waals surface area (Å²) in [5.41, 5.74) is 0.0800. The summed E-state index contributed by atoms with van der Waals surface area (Å²) in [5, 5.41) is 14.9. The standard InChI is InChI=1S/C15H27N3O3/c1-18(2)15(7-3-4-8-15)10-16-14(21)17-12-6-5-11(9-12)13(19)20/h11-12H,3-10H2,1-2H3,(H,19,20)(H2,16,17,21). The summed E-state index contributed by atoms with van der Waals surface area (Å²) < 4.78 is 0. The topological polar surface area (TPSA) is 81.7 Å². The molecule has 6 heteroatoms. The van der Waals surface area contributed by atoms with Crippen molar-refractivity contribution in [3.8, 4) is 0 Å². The van der Waals surface area contributed by atoms with Gasteiger partial charge in [-0.15, -0.1) is 0 Å². The lowest BCUT2D eigenvalue weighted by Gasteiger charge is -2.36. The average molecular weight is 297 g/mol.